The van der Waals surface area contributed by atoms with Crippen molar-refractivity contribution in [2.24, 2.45) is 0 Å². The van der Waals surface area contributed by atoms with Gasteiger partial charge in [-0.2, -0.15) is 0 Å². The van der Waals surface area contributed by atoms with Crippen LogP contribution in [0.1, 0.15) is 5.69 Å². The van der Waals surface area contributed by atoms with Gasteiger partial charge in [0.2, 0.25) is 0 Å². The summed E-state index contributed by atoms with van der Waals surface area (Å²) in [5.41, 5.74) is 4.09. The molecule has 0 atom stereocenters. The molecule has 0 fully saturated rings. The molecule has 1 aromatic carbocycles. The van der Waals surface area contributed by atoms with Crippen LogP contribution >= 0.6 is 0 Å². The second-order valence-electron chi connectivity index (χ2n) is 4.09. The normalized spacial score (nSPS) is 10.3. The molecule has 5 nitrogen and oxygen atoms in total. The number of nitrogens with zero attached hydrogens (tertiary/aromatic N) is 3. The molecule has 0 spiro atoms. The zero-order valence-corrected chi connectivity index (χ0v) is 10.2. The van der Waals surface area contributed by atoms with Crippen molar-refractivity contribution in [3.05, 3.63) is 61.1 Å². The van der Waals surface area contributed by atoms with E-state index in [-0.39, 0.29) is 0 Å². The average Bonchev–Trinajstić information content (AvgIpc) is 3.01. The topological polar surface area (TPSA) is 66.5 Å². The minimum atomic E-state index is 0.664. The first-order valence-corrected chi connectivity index (χ1v) is 5.99. The number of nitrogens with one attached hydrogen (secondary N) is 2. The summed E-state index contributed by atoms with van der Waals surface area (Å²) >= 11 is 0. The van der Waals surface area contributed by atoms with E-state index in [1.807, 2.05) is 30.5 Å². The van der Waals surface area contributed by atoms with Gasteiger partial charge in [-0.25, -0.2) is 4.98 Å². The third kappa shape index (κ3) is 2.77. The lowest BCUT2D eigenvalue weighted by Gasteiger charge is -2.06. The van der Waals surface area contributed by atoms with Crippen LogP contribution in [0.15, 0.2) is 55.4 Å². The molecule has 19 heavy (non-hydrogen) atoms. The molecule has 0 aliphatic rings. The maximum atomic E-state index is 4.21. The number of aromatic nitrogens is 4. The molecule has 2 heterocycles. The second kappa shape index (κ2) is 5.30. The molecule has 94 valence electrons. The van der Waals surface area contributed by atoms with E-state index in [1.54, 1.807) is 24.9 Å². The monoisotopic (exact) mass is 251 g/mol. The van der Waals surface area contributed by atoms with Crippen LogP contribution < -0.4 is 5.32 Å². The molecule has 0 aliphatic heterocycles. The van der Waals surface area contributed by atoms with Crippen LogP contribution in [0.3, 0.4) is 0 Å². The Hall–Kier alpha value is -2.69. The van der Waals surface area contributed by atoms with Crippen LogP contribution in [0, 0.1) is 0 Å². The van der Waals surface area contributed by atoms with E-state index in [0.29, 0.717) is 6.54 Å². The zero-order chi connectivity index (χ0) is 12.9. The van der Waals surface area contributed by atoms with Crippen molar-refractivity contribution >= 4 is 5.69 Å². The van der Waals surface area contributed by atoms with Crippen molar-refractivity contribution in [3.63, 3.8) is 0 Å². The number of anilines is 1. The molecular formula is C14H13N5. The van der Waals surface area contributed by atoms with Gasteiger partial charge in [-0.1, -0.05) is 12.1 Å². The number of aromatic amines is 1. The maximum absolute atomic E-state index is 4.21. The predicted molar refractivity (Wildman–Crippen MR) is 73.4 cm³/mol. The highest BCUT2D eigenvalue weighted by Crippen LogP contribution is 2.18. The van der Waals surface area contributed by atoms with E-state index in [2.05, 4.69) is 25.3 Å². The van der Waals surface area contributed by atoms with E-state index < -0.39 is 0 Å². The second-order valence-corrected chi connectivity index (χ2v) is 4.09. The Bertz CT molecular complexity index is 617. The number of rotatable bonds is 4. The highest BCUT2D eigenvalue weighted by molar-refractivity contribution is 5.61. The lowest BCUT2D eigenvalue weighted by Crippen LogP contribution is -2.01. The summed E-state index contributed by atoms with van der Waals surface area (Å²) in [6, 6.07) is 8.16. The van der Waals surface area contributed by atoms with Crippen molar-refractivity contribution in [1.82, 2.24) is 19.9 Å². The van der Waals surface area contributed by atoms with E-state index >= 15 is 0 Å². The fourth-order valence-electron chi connectivity index (χ4n) is 1.80. The quantitative estimate of drug-likeness (QED) is 0.747. The fourth-order valence-corrected chi connectivity index (χ4v) is 1.80. The van der Waals surface area contributed by atoms with Crippen LogP contribution in [-0.2, 0) is 6.54 Å². The third-order valence-corrected chi connectivity index (χ3v) is 2.78. The molecule has 2 aromatic heterocycles. The summed E-state index contributed by atoms with van der Waals surface area (Å²) in [7, 11) is 0. The fraction of sp³-hybridized carbons (Fsp3) is 0.0714. The molecule has 0 saturated carbocycles. The first-order valence-electron chi connectivity index (χ1n) is 5.99. The van der Waals surface area contributed by atoms with Crippen LogP contribution in [0.2, 0.25) is 0 Å². The molecule has 5 heteroatoms. The molecule has 0 unspecified atom stereocenters. The Morgan fingerprint density at radius 3 is 2.58 bits per heavy atom. The van der Waals surface area contributed by atoms with E-state index in [9.17, 15) is 0 Å². The molecule has 2 N–H and O–H groups in total. The van der Waals surface area contributed by atoms with Crippen molar-refractivity contribution in [1.29, 1.82) is 0 Å². The largest absolute Gasteiger partial charge is 0.379 e. The van der Waals surface area contributed by atoms with Gasteiger partial charge in [-0.3, -0.25) is 9.97 Å². The Kier molecular flexibility index (Phi) is 3.18. The predicted octanol–water partition coefficient (Wildman–Crippen LogP) is 2.48. The lowest BCUT2D eigenvalue weighted by molar-refractivity contribution is 1.01. The minimum Gasteiger partial charge on any atom is -0.379 e. The van der Waals surface area contributed by atoms with Gasteiger partial charge in [0.15, 0.2) is 0 Å². The van der Waals surface area contributed by atoms with Crippen LogP contribution in [-0.4, -0.2) is 19.9 Å². The van der Waals surface area contributed by atoms with E-state index in [4.69, 9.17) is 0 Å². The number of hydrogen-bond acceptors (Lipinski definition) is 4. The third-order valence-electron chi connectivity index (χ3n) is 2.78. The van der Waals surface area contributed by atoms with Gasteiger partial charge in [0.1, 0.15) is 0 Å². The summed E-state index contributed by atoms with van der Waals surface area (Å²) in [4.78, 5) is 15.3. The van der Waals surface area contributed by atoms with E-state index in [0.717, 1.165) is 22.6 Å². The lowest BCUT2D eigenvalue weighted by atomic mass is 10.1. The van der Waals surface area contributed by atoms with Crippen molar-refractivity contribution in [2.45, 2.75) is 6.54 Å². The molecule has 3 aromatic rings. The molecular weight excluding hydrogens is 238 g/mol. The van der Waals surface area contributed by atoms with Crippen molar-refractivity contribution < 1.29 is 0 Å². The van der Waals surface area contributed by atoms with Gasteiger partial charge in [0.05, 0.1) is 36.7 Å². The number of hydrogen-bond donors (Lipinski definition) is 2. The van der Waals surface area contributed by atoms with Gasteiger partial charge in [0.25, 0.3) is 0 Å². The van der Waals surface area contributed by atoms with Crippen LogP contribution in [0.5, 0.6) is 0 Å². The van der Waals surface area contributed by atoms with Crippen LogP contribution in [0.25, 0.3) is 11.3 Å². The number of H-pyrrole nitrogens is 1. The van der Waals surface area contributed by atoms with Crippen LogP contribution in [0.4, 0.5) is 5.69 Å². The van der Waals surface area contributed by atoms with Gasteiger partial charge in [-0.15, -0.1) is 0 Å². The van der Waals surface area contributed by atoms with E-state index in [1.165, 1.54) is 0 Å². The number of imidazole rings is 1. The smallest absolute Gasteiger partial charge is 0.0924 e. The molecule has 0 aliphatic carbocycles. The molecule has 0 saturated heterocycles. The summed E-state index contributed by atoms with van der Waals surface area (Å²) in [6.45, 7) is 0.664. The highest BCUT2D eigenvalue weighted by atomic mass is 14.9. The molecule has 0 bridgehead atoms. The zero-order valence-electron chi connectivity index (χ0n) is 10.2. The molecule has 0 amide bonds. The highest BCUT2D eigenvalue weighted by Gasteiger charge is 1.99. The molecule has 3 rings (SSSR count). The average molecular weight is 251 g/mol. The summed E-state index contributed by atoms with van der Waals surface area (Å²) in [6.07, 6.45) is 8.60. The Morgan fingerprint density at radius 2 is 1.89 bits per heavy atom. The standard InChI is InChI=1S/C14H13N5/c1-3-12(18-8-13-7-15-5-6-17-13)4-2-11(1)14-9-16-10-19-14/h1-7,9-10,18H,8H2,(H,16,19). The van der Waals surface area contributed by atoms with Crippen molar-refractivity contribution in [3.8, 4) is 11.3 Å². The Labute approximate surface area is 110 Å². The minimum absolute atomic E-state index is 0.664. The maximum Gasteiger partial charge on any atom is 0.0924 e. The summed E-state index contributed by atoms with van der Waals surface area (Å²) in [5.74, 6) is 0. The SMILES string of the molecule is c1cnc(CNc2ccc(-c3cnc[nH]3)cc2)cn1. The first-order chi connectivity index (χ1) is 9.42. The van der Waals surface area contributed by atoms with Crippen molar-refractivity contribution in [2.75, 3.05) is 5.32 Å². The Balaban J connectivity index is 1.67. The first kappa shape index (κ1) is 11.4. The van der Waals surface area contributed by atoms with Gasteiger partial charge >= 0.3 is 0 Å². The Morgan fingerprint density at radius 1 is 1.00 bits per heavy atom. The molecule has 0 radical (unpaired) electrons. The number of benzene rings is 1. The summed E-state index contributed by atoms with van der Waals surface area (Å²) in [5, 5.41) is 3.31. The van der Waals surface area contributed by atoms with Gasteiger partial charge < -0.3 is 10.3 Å². The summed E-state index contributed by atoms with van der Waals surface area (Å²) < 4.78 is 0. The van der Waals surface area contributed by atoms with Gasteiger partial charge in [0, 0.05) is 18.1 Å². The van der Waals surface area contributed by atoms with Gasteiger partial charge in [-0.05, 0) is 17.7 Å².